The van der Waals surface area contributed by atoms with Crippen molar-refractivity contribution in [2.75, 3.05) is 40.8 Å². The van der Waals surface area contributed by atoms with Crippen molar-refractivity contribution in [1.82, 2.24) is 21.3 Å². The molecule has 0 aliphatic rings. The van der Waals surface area contributed by atoms with E-state index in [1.54, 1.807) is 7.05 Å². The molecule has 0 radical (unpaired) electrons. The Kier molecular flexibility index (Phi) is 11.0. The van der Waals surface area contributed by atoms with Gasteiger partial charge in [0.15, 0.2) is 0 Å². The van der Waals surface area contributed by atoms with Crippen LogP contribution in [0.1, 0.15) is 19.3 Å². The monoisotopic (exact) mass is 260 g/mol. The summed E-state index contributed by atoms with van der Waals surface area (Å²) >= 11 is 0. The lowest BCUT2D eigenvalue weighted by atomic mass is 10.1. The van der Waals surface area contributed by atoms with Crippen LogP contribution in [-0.2, 0) is 4.79 Å². The number of aliphatic hydroxyl groups is 1. The number of hydrogen-bond acceptors (Lipinski definition) is 5. The van der Waals surface area contributed by atoms with Gasteiger partial charge in [-0.15, -0.1) is 0 Å². The molecule has 0 rings (SSSR count). The zero-order valence-electron chi connectivity index (χ0n) is 11.8. The van der Waals surface area contributed by atoms with Crippen LogP contribution >= 0.6 is 0 Å². The third-order valence-corrected chi connectivity index (χ3v) is 2.89. The van der Waals surface area contributed by atoms with Crippen LogP contribution in [0, 0.1) is 0 Å². The van der Waals surface area contributed by atoms with Gasteiger partial charge in [-0.05, 0) is 53.5 Å². The fourth-order valence-electron chi connectivity index (χ4n) is 1.72. The van der Waals surface area contributed by atoms with Gasteiger partial charge >= 0.3 is 0 Å². The maximum Gasteiger partial charge on any atom is 0.237 e. The van der Waals surface area contributed by atoms with E-state index in [4.69, 9.17) is 0 Å². The largest absolute Gasteiger partial charge is 0.394 e. The number of rotatable bonds is 11. The highest BCUT2D eigenvalue weighted by molar-refractivity contribution is 5.81. The van der Waals surface area contributed by atoms with Gasteiger partial charge in [-0.3, -0.25) is 4.79 Å². The number of amides is 1. The van der Waals surface area contributed by atoms with Crippen LogP contribution < -0.4 is 21.3 Å². The first-order chi connectivity index (χ1) is 8.69. The standard InChI is InChI=1S/C12H28N4O2/c1-13-7-4-5-11(15-3)12(18)16-10(9-17)6-8-14-2/h10-11,13-15,17H,4-9H2,1-3H3,(H,16,18)/t10-,11-/m0/s1. The van der Waals surface area contributed by atoms with E-state index in [-0.39, 0.29) is 24.6 Å². The second kappa shape index (κ2) is 11.4. The lowest BCUT2D eigenvalue weighted by Gasteiger charge is -2.21. The first-order valence-electron chi connectivity index (χ1n) is 6.57. The molecule has 0 saturated heterocycles. The van der Waals surface area contributed by atoms with Crippen LogP contribution in [0.15, 0.2) is 0 Å². The summed E-state index contributed by atoms with van der Waals surface area (Å²) in [5, 5.41) is 21.1. The van der Waals surface area contributed by atoms with Gasteiger partial charge < -0.3 is 26.4 Å². The van der Waals surface area contributed by atoms with Gasteiger partial charge in [-0.25, -0.2) is 0 Å². The normalized spacial score (nSPS) is 14.2. The maximum absolute atomic E-state index is 12.0. The van der Waals surface area contributed by atoms with Crippen molar-refractivity contribution in [3.8, 4) is 0 Å². The molecule has 0 aromatic heterocycles. The summed E-state index contributed by atoms with van der Waals surface area (Å²) in [6.45, 7) is 1.64. The van der Waals surface area contributed by atoms with Crippen LogP contribution in [0.25, 0.3) is 0 Å². The zero-order chi connectivity index (χ0) is 13.8. The third kappa shape index (κ3) is 7.60. The summed E-state index contributed by atoms with van der Waals surface area (Å²) in [6, 6.07) is -0.368. The first-order valence-corrected chi connectivity index (χ1v) is 6.57. The minimum Gasteiger partial charge on any atom is -0.394 e. The maximum atomic E-state index is 12.0. The van der Waals surface area contributed by atoms with E-state index >= 15 is 0 Å². The molecule has 0 spiro atoms. The summed E-state index contributed by atoms with van der Waals surface area (Å²) in [5.74, 6) is -0.0382. The SMILES string of the molecule is CNCCC[C@H](NC)C(=O)N[C@H](CO)CCNC. The van der Waals surface area contributed by atoms with Crippen molar-refractivity contribution < 1.29 is 9.90 Å². The second-order valence-corrected chi connectivity index (χ2v) is 4.37. The van der Waals surface area contributed by atoms with Gasteiger partial charge in [-0.2, -0.15) is 0 Å². The molecule has 0 aliphatic heterocycles. The van der Waals surface area contributed by atoms with E-state index in [1.165, 1.54) is 0 Å². The average Bonchev–Trinajstić information content (AvgIpc) is 2.39. The molecule has 0 bridgehead atoms. The molecule has 2 atom stereocenters. The number of aliphatic hydroxyl groups excluding tert-OH is 1. The minimum atomic E-state index is -0.193. The Balaban J connectivity index is 4.06. The molecule has 0 unspecified atom stereocenters. The molecule has 6 nitrogen and oxygen atoms in total. The molecular formula is C12H28N4O2. The number of nitrogens with one attached hydrogen (secondary N) is 4. The fraction of sp³-hybridized carbons (Fsp3) is 0.917. The van der Waals surface area contributed by atoms with Crippen molar-refractivity contribution in [3.05, 3.63) is 0 Å². The topological polar surface area (TPSA) is 85.4 Å². The number of likely N-dealkylation sites (N-methyl/N-ethyl adjacent to an activating group) is 1. The van der Waals surface area contributed by atoms with Crippen molar-refractivity contribution in [2.45, 2.75) is 31.3 Å². The smallest absolute Gasteiger partial charge is 0.237 e. The fourth-order valence-corrected chi connectivity index (χ4v) is 1.72. The van der Waals surface area contributed by atoms with E-state index in [2.05, 4.69) is 21.3 Å². The summed E-state index contributed by atoms with van der Waals surface area (Å²) in [5.41, 5.74) is 0. The van der Waals surface area contributed by atoms with Crippen LogP contribution in [0.4, 0.5) is 0 Å². The zero-order valence-corrected chi connectivity index (χ0v) is 11.8. The molecule has 108 valence electrons. The van der Waals surface area contributed by atoms with Gasteiger partial charge in [-0.1, -0.05) is 0 Å². The molecule has 1 amide bonds. The van der Waals surface area contributed by atoms with E-state index in [1.807, 2.05) is 14.1 Å². The van der Waals surface area contributed by atoms with E-state index in [0.29, 0.717) is 0 Å². The van der Waals surface area contributed by atoms with Gasteiger partial charge in [0.1, 0.15) is 0 Å². The predicted molar refractivity (Wildman–Crippen MR) is 73.6 cm³/mol. The molecule has 0 fully saturated rings. The van der Waals surface area contributed by atoms with E-state index in [0.717, 1.165) is 32.4 Å². The van der Waals surface area contributed by atoms with Crippen molar-refractivity contribution in [1.29, 1.82) is 0 Å². The van der Waals surface area contributed by atoms with Crippen LogP contribution in [0.3, 0.4) is 0 Å². The molecule has 5 N–H and O–H groups in total. The summed E-state index contributed by atoms with van der Waals surface area (Å²) in [7, 11) is 5.53. The molecular weight excluding hydrogens is 232 g/mol. The average molecular weight is 260 g/mol. The molecule has 6 heteroatoms. The van der Waals surface area contributed by atoms with Crippen molar-refractivity contribution >= 4 is 5.91 Å². The molecule has 0 saturated carbocycles. The van der Waals surface area contributed by atoms with Crippen LogP contribution in [0.2, 0.25) is 0 Å². The summed E-state index contributed by atoms with van der Waals surface area (Å²) in [4.78, 5) is 12.0. The van der Waals surface area contributed by atoms with E-state index in [9.17, 15) is 9.90 Å². The second-order valence-electron chi connectivity index (χ2n) is 4.37. The van der Waals surface area contributed by atoms with Crippen LogP contribution in [0.5, 0.6) is 0 Å². The highest BCUT2D eigenvalue weighted by Crippen LogP contribution is 1.98. The predicted octanol–water partition coefficient (Wildman–Crippen LogP) is -1.34. The summed E-state index contributed by atoms with van der Waals surface area (Å²) < 4.78 is 0. The van der Waals surface area contributed by atoms with Gasteiger partial charge in [0.2, 0.25) is 5.91 Å². The summed E-state index contributed by atoms with van der Waals surface area (Å²) in [6.07, 6.45) is 2.45. The number of carbonyl (C=O) groups excluding carboxylic acids is 1. The molecule has 0 aromatic rings. The lowest BCUT2D eigenvalue weighted by Crippen LogP contribution is -2.48. The minimum absolute atomic E-state index is 0.0274. The number of carbonyl (C=O) groups is 1. The van der Waals surface area contributed by atoms with Crippen molar-refractivity contribution in [3.63, 3.8) is 0 Å². The Bertz CT molecular complexity index is 214. The van der Waals surface area contributed by atoms with Crippen LogP contribution in [-0.4, -0.2) is 63.9 Å². The Morgan fingerprint density at radius 2 is 1.78 bits per heavy atom. The third-order valence-electron chi connectivity index (χ3n) is 2.89. The highest BCUT2D eigenvalue weighted by Gasteiger charge is 2.18. The number of hydrogen-bond donors (Lipinski definition) is 5. The van der Waals surface area contributed by atoms with Crippen molar-refractivity contribution in [2.24, 2.45) is 0 Å². The first kappa shape index (κ1) is 17.3. The van der Waals surface area contributed by atoms with E-state index < -0.39 is 0 Å². The molecule has 0 aromatic carbocycles. The molecule has 18 heavy (non-hydrogen) atoms. The Morgan fingerprint density at radius 1 is 1.11 bits per heavy atom. The van der Waals surface area contributed by atoms with Gasteiger partial charge in [0, 0.05) is 0 Å². The van der Waals surface area contributed by atoms with Gasteiger partial charge in [0.25, 0.3) is 0 Å². The molecule has 0 aliphatic carbocycles. The Labute approximate surface area is 110 Å². The Hall–Kier alpha value is -0.690. The lowest BCUT2D eigenvalue weighted by molar-refractivity contribution is -0.124. The quantitative estimate of drug-likeness (QED) is 0.297. The molecule has 0 heterocycles. The Morgan fingerprint density at radius 3 is 2.28 bits per heavy atom. The van der Waals surface area contributed by atoms with Gasteiger partial charge in [0.05, 0.1) is 18.7 Å². The highest BCUT2D eigenvalue weighted by atomic mass is 16.3.